The van der Waals surface area contributed by atoms with E-state index in [1.165, 1.54) is 12.1 Å². The number of ether oxygens (including phenoxy) is 2. The third-order valence-corrected chi connectivity index (χ3v) is 3.45. The number of para-hydroxylation sites is 1. The summed E-state index contributed by atoms with van der Waals surface area (Å²) in [5.41, 5.74) is 1.02. The molecule has 0 aliphatic rings. The third-order valence-electron chi connectivity index (χ3n) is 3.45. The Morgan fingerprint density at radius 1 is 0.917 bits per heavy atom. The van der Waals surface area contributed by atoms with E-state index >= 15 is 0 Å². The number of aromatic hydroxyl groups is 1. The summed E-state index contributed by atoms with van der Waals surface area (Å²) < 4.78 is 10.4. The lowest BCUT2D eigenvalue weighted by atomic mass is 10.1. The summed E-state index contributed by atoms with van der Waals surface area (Å²) in [7, 11) is 0. The van der Waals surface area contributed by atoms with Gasteiger partial charge >= 0.3 is 11.9 Å². The van der Waals surface area contributed by atoms with E-state index in [0.717, 1.165) is 12.8 Å². The summed E-state index contributed by atoms with van der Waals surface area (Å²) in [6.45, 7) is 2.30. The van der Waals surface area contributed by atoms with Crippen LogP contribution in [0.2, 0.25) is 0 Å². The number of benzene rings is 2. The summed E-state index contributed by atoms with van der Waals surface area (Å²) in [4.78, 5) is 24.1. The van der Waals surface area contributed by atoms with Crippen molar-refractivity contribution in [1.29, 1.82) is 0 Å². The molecule has 0 amide bonds. The van der Waals surface area contributed by atoms with Crippen molar-refractivity contribution >= 4 is 11.9 Å². The molecule has 0 saturated carbocycles. The normalized spacial score (nSPS) is 10.2. The molecule has 1 N–H and O–H groups in total. The highest BCUT2D eigenvalue weighted by molar-refractivity contribution is 5.93. The van der Waals surface area contributed by atoms with E-state index in [1.807, 2.05) is 6.92 Å². The fraction of sp³-hybridized carbons (Fsp3) is 0.263. The van der Waals surface area contributed by atoms with Gasteiger partial charge in [0.15, 0.2) is 0 Å². The number of rotatable bonds is 7. The Kier molecular flexibility index (Phi) is 6.37. The van der Waals surface area contributed by atoms with Gasteiger partial charge < -0.3 is 14.6 Å². The largest absolute Gasteiger partial charge is 0.507 e. The van der Waals surface area contributed by atoms with Gasteiger partial charge in [0.2, 0.25) is 0 Å². The van der Waals surface area contributed by atoms with Crippen LogP contribution in [0.3, 0.4) is 0 Å². The van der Waals surface area contributed by atoms with Crippen molar-refractivity contribution in [2.75, 3.05) is 6.61 Å². The van der Waals surface area contributed by atoms with Gasteiger partial charge in [-0.1, -0.05) is 43.7 Å². The number of phenolic OH excluding ortho intramolecular Hbond substituents is 1. The first-order valence-electron chi connectivity index (χ1n) is 7.83. The molecule has 0 spiro atoms. The average Bonchev–Trinajstić information content (AvgIpc) is 2.60. The number of unbranched alkanes of at least 4 members (excludes halogenated alkanes) is 1. The maximum Gasteiger partial charge on any atom is 0.342 e. The van der Waals surface area contributed by atoms with Gasteiger partial charge in [-0.3, -0.25) is 0 Å². The highest BCUT2D eigenvalue weighted by Gasteiger charge is 2.16. The molecule has 0 radical (unpaired) electrons. The van der Waals surface area contributed by atoms with Crippen LogP contribution in [0.25, 0.3) is 0 Å². The van der Waals surface area contributed by atoms with Crippen LogP contribution >= 0.6 is 0 Å². The molecule has 0 fully saturated rings. The SMILES string of the molecule is CCCCOC(=O)c1ccccc1COC(=O)c1ccccc1O. The van der Waals surface area contributed by atoms with Gasteiger partial charge in [-0.25, -0.2) is 9.59 Å². The van der Waals surface area contributed by atoms with Crippen LogP contribution < -0.4 is 0 Å². The molecular weight excluding hydrogens is 308 g/mol. The first-order chi connectivity index (χ1) is 11.6. The van der Waals surface area contributed by atoms with Gasteiger partial charge in [0.1, 0.15) is 17.9 Å². The molecule has 5 nitrogen and oxygen atoms in total. The summed E-state index contributed by atoms with van der Waals surface area (Å²) in [6.07, 6.45) is 1.74. The zero-order valence-electron chi connectivity index (χ0n) is 13.5. The van der Waals surface area contributed by atoms with Gasteiger partial charge in [0.05, 0.1) is 12.2 Å². The highest BCUT2D eigenvalue weighted by Crippen LogP contribution is 2.18. The Morgan fingerprint density at radius 2 is 1.54 bits per heavy atom. The van der Waals surface area contributed by atoms with E-state index in [1.54, 1.807) is 36.4 Å². The minimum Gasteiger partial charge on any atom is -0.507 e. The molecule has 0 saturated heterocycles. The topological polar surface area (TPSA) is 72.8 Å². The fourth-order valence-corrected chi connectivity index (χ4v) is 2.10. The van der Waals surface area contributed by atoms with Gasteiger partial charge in [0.25, 0.3) is 0 Å². The summed E-state index contributed by atoms with van der Waals surface area (Å²) >= 11 is 0. The van der Waals surface area contributed by atoms with Crippen molar-refractivity contribution in [3.8, 4) is 5.75 Å². The van der Waals surface area contributed by atoms with Gasteiger partial charge in [-0.2, -0.15) is 0 Å². The van der Waals surface area contributed by atoms with Gasteiger partial charge in [0, 0.05) is 5.56 Å². The average molecular weight is 328 g/mol. The summed E-state index contributed by atoms with van der Waals surface area (Å²) in [5, 5.41) is 9.67. The molecular formula is C19H20O5. The number of hydrogen-bond acceptors (Lipinski definition) is 5. The molecule has 0 bridgehead atoms. The van der Waals surface area contributed by atoms with E-state index < -0.39 is 11.9 Å². The van der Waals surface area contributed by atoms with Crippen molar-refractivity contribution in [3.63, 3.8) is 0 Å². The third kappa shape index (κ3) is 4.59. The smallest absolute Gasteiger partial charge is 0.342 e. The van der Waals surface area contributed by atoms with E-state index in [0.29, 0.717) is 17.7 Å². The lowest BCUT2D eigenvalue weighted by Gasteiger charge is -2.10. The van der Waals surface area contributed by atoms with Crippen LogP contribution in [0.5, 0.6) is 5.75 Å². The van der Waals surface area contributed by atoms with Crippen molar-refractivity contribution in [2.24, 2.45) is 0 Å². The maximum absolute atomic E-state index is 12.1. The van der Waals surface area contributed by atoms with Crippen LogP contribution in [0.1, 0.15) is 46.0 Å². The standard InChI is InChI=1S/C19H20O5/c1-2-3-12-23-18(21)15-9-5-4-8-14(15)13-24-19(22)16-10-6-7-11-17(16)20/h4-11,20H,2-3,12-13H2,1H3. The molecule has 0 heterocycles. The molecule has 0 aromatic heterocycles. The van der Waals surface area contributed by atoms with Crippen LogP contribution in [-0.4, -0.2) is 23.7 Å². The first-order valence-corrected chi connectivity index (χ1v) is 7.83. The molecule has 126 valence electrons. The van der Waals surface area contributed by atoms with E-state index in [-0.39, 0.29) is 17.9 Å². The van der Waals surface area contributed by atoms with Crippen molar-refractivity contribution < 1.29 is 24.2 Å². The van der Waals surface area contributed by atoms with Crippen LogP contribution in [0.4, 0.5) is 0 Å². The van der Waals surface area contributed by atoms with Crippen LogP contribution in [0, 0.1) is 0 Å². The van der Waals surface area contributed by atoms with Gasteiger partial charge in [-0.15, -0.1) is 0 Å². The zero-order chi connectivity index (χ0) is 17.4. The van der Waals surface area contributed by atoms with E-state index in [9.17, 15) is 14.7 Å². The number of hydrogen-bond donors (Lipinski definition) is 1. The molecule has 0 unspecified atom stereocenters. The van der Waals surface area contributed by atoms with E-state index in [2.05, 4.69) is 0 Å². The highest BCUT2D eigenvalue weighted by atomic mass is 16.5. The second-order valence-corrected chi connectivity index (χ2v) is 5.24. The Bertz CT molecular complexity index is 708. The molecule has 0 atom stereocenters. The zero-order valence-corrected chi connectivity index (χ0v) is 13.5. The van der Waals surface area contributed by atoms with Gasteiger partial charge in [-0.05, 0) is 24.6 Å². The Morgan fingerprint density at radius 3 is 2.25 bits per heavy atom. The molecule has 2 aromatic carbocycles. The fourth-order valence-electron chi connectivity index (χ4n) is 2.10. The van der Waals surface area contributed by atoms with Crippen molar-refractivity contribution in [1.82, 2.24) is 0 Å². The number of phenols is 1. The van der Waals surface area contributed by atoms with Crippen molar-refractivity contribution in [3.05, 3.63) is 65.2 Å². The summed E-state index contributed by atoms with van der Waals surface area (Å²) in [6, 6.07) is 13.0. The Hall–Kier alpha value is -2.82. The van der Waals surface area contributed by atoms with Crippen LogP contribution in [-0.2, 0) is 16.1 Å². The summed E-state index contributed by atoms with van der Waals surface area (Å²) in [5.74, 6) is -1.23. The molecule has 24 heavy (non-hydrogen) atoms. The molecule has 2 rings (SSSR count). The quantitative estimate of drug-likeness (QED) is 0.619. The minimum atomic E-state index is -0.651. The lowest BCUT2D eigenvalue weighted by Crippen LogP contribution is -2.12. The maximum atomic E-state index is 12.1. The second kappa shape index (κ2) is 8.72. The second-order valence-electron chi connectivity index (χ2n) is 5.24. The first kappa shape index (κ1) is 17.5. The van der Waals surface area contributed by atoms with Crippen LogP contribution in [0.15, 0.2) is 48.5 Å². The van der Waals surface area contributed by atoms with Crippen molar-refractivity contribution in [2.45, 2.75) is 26.4 Å². The monoisotopic (exact) mass is 328 g/mol. The number of carbonyl (C=O) groups excluding carboxylic acids is 2. The predicted molar refractivity (Wildman–Crippen MR) is 88.9 cm³/mol. The molecule has 0 aliphatic heterocycles. The lowest BCUT2D eigenvalue weighted by molar-refractivity contribution is 0.0440. The molecule has 5 heteroatoms. The molecule has 0 aliphatic carbocycles. The molecule has 2 aromatic rings. The number of carbonyl (C=O) groups is 2. The minimum absolute atomic E-state index is 0.0772. The predicted octanol–water partition coefficient (Wildman–Crippen LogP) is 3.71. The van der Waals surface area contributed by atoms with E-state index in [4.69, 9.17) is 9.47 Å². The Labute approximate surface area is 140 Å². The Balaban J connectivity index is 2.04. The number of esters is 2.